The van der Waals surface area contributed by atoms with Crippen LogP contribution in [-0.4, -0.2) is 24.1 Å². The smallest absolute Gasteiger partial charge is 0.347 e. The van der Waals surface area contributed by atoms with Crippen molar-refractivity contribution in [1.82, 2.24) is 0 Å². The fraction of sp³-hybridized carbons (Fsp3) is 0.600. The Morgan fingerprint density at radius 1 is 1.14 bits per heavy atom. The van der Waals surface area contributed by atoms with Crippen LogP contribution in [0.2, 0.25) is 0 Å². The highest BCUT2D eigenvalue weighted by Crippen LogP contribution is 1.99. The molecule has 0 aliphatic heterocycles. The zero-order chi connectivity index (χ0) is 11.1. The molecule has 4 heteroatoms. The number of hydrogen-bond acceptors (Lipinski definition) is 4. The zero-order valence-electron chi connectivity index (χ0n) is 8.94. The minimum absolute atomic E-state index is 0.203. The first-order valence-corrected chi connectivity index (χ1v) is 4.51. The average Bonchev–Trinajstić information content (AvgIpc) is 2.02. The second kappa shape index (κ2) is 6.18. The van der Waals surface area contributed by atoms with Gasteiger partial charge in [-0.05, 0) is 27.7 Å². The Hall–Kier alpha value is -1.32. The molecule has 0 aromatic rings. The summed E-state index contributed by atoms with van der Waals surface area (Å²) >= 11 is 0. The number of allylic oxidation sites excluding steroid dienone is 1. The Kier molecular flexibility index (Phi) is 5.60. The number of rotatable bonds is 4. The van der Waals surface area contributed by atoms with E-state index in [1.807, 2.05) is 0 Å². The number of carbonyl (C=O) groups is 2. The standard InChI is InChI=1S/C10H16O4/c1-5-6-9(11)14-8(4)10(12)13-7(2)3/h5-8H,1-4H3/b6-5+. The number of esters is 2. The van der Waals surface area contributed by atoms with Crippen LogP contribution in [0.15, 0.2) is 12.2 Å². The summed E-state index contributed by atoms with van der Waals surface area (Å²) in [6.07, 6.45) is 1.73. The normalized spacial score (nSPS) is 12.9. The van der Waals surface area contributed by atoms with Crippen molar-refractivity contribution in [3.63, 3.8) is 0 Å². The molecule has 0 aromatic carbocycles. The van der Waals surface area contributed by atoms with Crippen LogP contribution < -0.4 is 0 Å². The van der Waals surface area contributed by atoms with Crippen LogP contribution >= 0.6 is 0 Å². The van der Waals surface area contributed by atoms with Crippen LogP contribution in [0.4, 0.5) is 0 Å². The first-order chi connectivity index (χ1) is 6.47. The van der Waals surface area contributed by atoms with Gasteiger partial charge in [0.2, 0.25) is 0 Å². The van der Waals surface area contributed by atoms with Crippen molar-refractivity contribution < 1.29 is 19.1 Å². The maximum atomic E-state index is 11.2. The molecule has 14 heavy (non-hydrogen) atoms. The first kappa shape index (κ1) is 12.7. The minimum Gasteiger partial charge on any atom is -0.460 e. The largest absolute Gasteiger partial charge is 0.460 e. The third-order valence-corrected chi connectivity index (χ3v) is 1.28. The van der Waals surface area contributed by atoms with Gasteiger partial charge in [0.05, 0.1) is 6.10 Å². The van der Waals surface area contributed by atoms with E-state index in [9.17, 15) is 9.59 Å². The molecule has 0 bridgehead atoms. The topological polar surface area (TPSA) is 52.6 Å². The van der Waals surface area contributed by atoms with Gasteiger partial charge in [-0.1, -0.05) is 6.08 Å². The lowest BCUT2D eigenvalue weighted by Gasteiger charge is -2.13. The molecular formula is C10H16O4. The summed E-state index contributed by atoms with van der Waals surface area (Å²) in [6.45, 7) is 6.64. The Bertz CT molecular complexity index is 230. The van der Waals surface area contributed by atoms with Crippen LogP contribution in [0.1, 0.15) is 27.7 Å². The summed E-state index contributed by atoms with van der Waals surface area (Å²) in [6, 6.07) is 0. The molecule has 1 atom stereocenters. The fourth-order valence-electron chi connectivity index (χ4n) is 0.726. The molecule has 0 amide bonds. The molecule has 0 saturated heterocycles. The van der Waals surface area contributed by atoms with Crippen LogP contribution in [0.3, 0.4) is 0 Å². The van der Waals surface area contributed by atoms with Crippen molar-refractivity contribution in [2.45, 2.75) is 39.9 Å². The van der Waals surface area contributed by atoms with Crippen LogP contribution in [-0.2, 0) is 19.1 Å². The van der Waals surface area contributed by atoms with Gasteiger partial charge in [0.25, 0.3) is 0 Å². The molecule has 4 nitrogen and oxygen atoms in total. The van der Waals surface area contributed by atoms with E-state index in [1.165, 1.54) is 13.0 Å². The van der Waals surface area contributed by atoms with Gasteiger partial charge < -0.3 is 9.47 Å². The fourth-order valence-corrected chi connectivity index (χ4v) is 0.726. The summed E-state index contributed by atoms with van der Waals surface area (Å²) in [5.74, 6) is -1.07. The first-order valence-electron chi connectivity index (χ1n) is 4.51. The summed E-state index contributed by atoms with van der Waals surface area (Å²) in [5, 5.41) is 0. The average molecular weight is 200 g/mol. The van der Waals surface area contributed by atoms with E-state index in [4.69, 9.17) is 9.47 Å². The van der Waals surface area contributed by atoms with Gasteiger partial charge in [-0.15, -0.1) is 0 Å². The molecule has 0 aliphatic carbocycles. The summed E-state index contributed by atoms with van der Waals surface area (Å²) < 4.78 is 9.60. The lowest BCUT2D eigenvalue weighted by atomic mass is 10.4. The van der Waals surface area contributed by atoms with Crippen LogP contribution in [0.5, 0.6) is 0 Å². The van der Waals surface area contributed by atoms with Crippen molar-refractivity contribution in [3.8, 4) is 0 Å². The predicted molar refractivity (Wildman–Crippen MR) is 51.6 cm³/mol. The third kappa shape index (κ3) is 5.35. The molecule has 0 rings (SSSR count). The van der Waals surface area contributed by atoms with Gasteiger partial charge in [0.1, 0.15) is 0 Å². The number of ether oxygens (including phenoxy) is 2. The van der Waals surface area contributed by atoms with Gasteiger partial charge in [-0.25, -0.2) is 9.59 Å². The molecule has 0 spiro atoms. The molecule has 1 unspecified atom stereocenters. The van der Waals surface area contributed by atoms with Crippen molar-refractivity contribution in [2.75, 3.05) is 0 Å². The van der Waals surface area contributed by atoms with Crippen LogP contribution in [0.25, 0.3) is 0 Å². The molecule has 0 aliphatic rings. The monoisotopic (exact) mass is 200 g/mol. The molecular weight excluding hydrogens is 184 g/mol. The van der Waals surface area contributed by atoms with Gasteiger partial charge in [0, 0.05) is 6.08 Å². The van der Waals surface area contributed by atoms with E-state index in [0.717, 1.165) is 0 Å². The lowest BCUT2D eigenvalue weighted by molar-refractivity contribution is -0.166. The minimum atomic E-state index is -0.860. The Morgan fingerprint density at radius 2 is 1.71 bits per heavy atom. The van der Waals surface area contributed by atoms with Gasteiger partial charge in [-0.2, -0.15) is 0 Å². The Labute approximate surface area is 83.9 Å². The molecule has 0 aromatic heterocycles. The number of hydrogen-bond donors (Lipinski definition) is 0. The lowest BCUT2D eigenvalue weighted by Crippen LogP contribution is -2.27. The van der Waals surface area contributed by atoms with Crippen molar-refractivity contribution in [3.05, 3.63) is 12.2 Å². The third-order valence-electron chi connectivity index (χ3n) is 1.28. The second-order valence-electron chi connectivity index (χ2n) is 3.06. The van der Waals surface area contributed by atoms with Crippen molar-refractivity contribution in [2.24, 2.45) is 0 Å². The van der Waals surface area contributed by atoms with E-state index in [2.05, 4.69) is 0 Å². The van der Waals surface area contributed by atoms with E-state index in [-0.39, 0.29) is 6.10 Å². The molecule has 0 heterocycles. The Balaban J connectivity index is 4.01. The summed E-state index contributed by atoms with van der Waals surface area (Å²) in [5.41, 5.74) is 0. The van der Waals surface area contributed by atoms with Crippen LogP contribution in [0, 0.1) is 0 Å². The van der Waals surface area contributed by atoms with E-state index >= 15 is 0 Å². The summed E-state index contributed by atoms with van der Waals surface area (Å²) in [7, 11) is 0. The SMILES string of the molecule is C/C=C/C(=O)OC(C)C(=O)OC(C)C. The second-order valence-corrected chi connectivity index (χ2v) is 3.06. The molecule has 0 saturated carbocycles. The zero-order valence-corrected chi connectivity index (χ0v) is 8.94. The van der Waals surface area contributed by atoms with E-state index in [1.54, 1.807) is 26.8 Å². The predicted octanol–water partition coefficient (Wildman–Crippen LogP) is 1.45. The van der Waals surface area contributed by atoms with Gasteiger partial charge in [0.15, 0.2) is 6.10 Å². The van der Waals surface area contributed by atoms with E-state index in [0.29, 0.717) is 0 Å². The molecule has 0 N–H and O–H groups in total. The molecule has 0 radical (unpaired) electrons. The highest BCUT2D eigenvalue weighted by atomic mass is 16.6. The van der Waals surface area contributed by atoms with Gasteiger partial charge in [-0.3, -0.25) is 0 Å². The number of carbonyl (C=O) groups excluding carboxylic acids is 2. The molecule has 0 fully saturated rings. The van der Waals surface area contributed by atoms with Crippen molar-refractivity contribution >= 4 is 11.9 Å². The Morgan fingerprint density at radius 3 is 2.14 bits per heavy atom. The van der Waals surface area contributed by atoms with Crippen molar-refractivity contribution in [1.29, 1.82) is 0 Å². The quantitative estimate of drug-likeness (QED) is 0.509. The maximum absolute atomic E-state index is 11.2. The highest BCUT2D eigenvalue weighted by molar-refractivity contribution is 5.85. The maximum Gasteiger partial charge on any atom is 0.347 e. The van der Waals surface area contributed by atoms with E-state index < -0.39 is 18.0 Å². The van der Waals surface area contributed by atoms with Gasteiger partial charge >= 0.3 is 11.9 Å². The molecule has 80 valence electrons. The summed E-state index contributed by atoms with van der Waals surface area (Å²) in [4.78, 5) is 22.1. The highest BCUT2D eigenvalue weighted by Gasteiger charge is 2.18.